The highest BCUT2D eigenvalue weighted by molar-refractivity contribution is 5.95. The number of nitrogens with one attached hydrogen (secondary N) is 1. The normalized spacial score (nSPS) is 11.2. The fraction of sp³-hybridized carbons (Fsp3) is 0.0952. The smallest absolute Gasteiger partial charge is 0.251 e. The molecule has 128 valence electrons. The van der Waals surface area contributed by atoms with Gasteiger partial charge in [-0.3, -0.25) is 4.79 Å². The molecule has 3 N–H and O–H groups in total. The highest BCUT2D eigenvalue weighted by Gasteiger charge is 2.14. The number of hydrogen-bond donors (Lipinski definition) is 2. The molecule has 0 spiro atoms. The van der Waals surface area contributed by atoms with Crippen LogP contribution in [0.4, 0.5) is 0 Å². The number of carbonyl (C=O) groups excluding carboxylic acids is 1. The molecule has 0 radical (unpaired) electrons. The summed E-state index contributed by atoms with van der Waals surface area (Å²) in [4.78, 5) is 12.6. The molecule has 0 bridgehead atoms. The van der Waals surface area contributed by atoms with Gasteiger partial charge in [0.2, 0.25) is 0 Å². The Morgan fingerprint density at radius 1 is 0.840 bits per heavy atom. The van der Waals surface area contributed by atoms with Gasteiger partial charge in [0, 0.05) is 12.1 Å². The quantitative estimate of drug-likeness (QED) is 0.722. The van der Waals surface area contributed by atoms with E-state index in [2.05, 4.69) is 5.32 Å². The Bertz CT molecular complexity index is 806. The average molecular weight is 353 g/mol. The number of benzene rings is 3. The fourth-order valence-corrected chi connectivity index (χ4v) is 2.68. The molecule has 1 atom stereocenters. The van der Waals surface area contributed by atoms with E-state index in [-0.39, 0.29) is 24.4 Å². The summed E-state index contributed by atoms with van der Waals surface area (Å²) < 4.78 is 0. The van der Waals surface area contributed by atoms with E-state index >= 15 is 0 Å². The maximum absolute atomic E-state index is 12.6. The van der Waals surface area contributed by atoms with Gasteiger partial charge >= 0.3 is 0 Å². The van der Waals surface area contributed by atoms with Gasteiger partial charge in [0.05, 0.1) is 6.04 Å². The first-order chi connectivity index (χ1) is 11.8. The van der Waals surface area contributed by atoms with Crippen molar-refractivity contribution in [3.05, 3.63) is 96.1 Å². The maximum Gasteiger partial charge on any atom is 0.251 e. The fourth-order valence-electron chi connectivity index (χ4n) is 2.68. The molecular weight excluding hydrogens is 332 g/mol. The van der Waals surface area contributed by atoms with Gasteiger partial charge in [0.25, 0.3) is 5.91 Å². The molecule has 0 aromatic heterocycles. The van der Waals surface area contributed by atoms with E-state index in [4.69, 9.17) is 5.73 Å². The summed E-state index contributed by atoms with van der Waals surface area (Å²) in [6.07, 6.45) is 0. The van der Waals surface area contributed by atoms with Gasteiger partial charge in [-0.25, -0.2) is 0 Å². The monoisotopic (exact) mass is 352 g/mol. The summed E-state index contributed by atoms with van der Waals surface area (Å²) in [5.74, 6) is -0.118. The predicted molar refractivity (Wildman–Crippen MR) is 105 cm³/mol. The lowest BCUT2D eigenvalue weighted by Gasteiger charge is -2.17. The zero-order chi connectivity index (χ0) is 16.8. The van der Waals surface area contributed by atoms with Crippen molar-refractivity contribution in [3.8, 4) is 11.1 Å². The minimum atomic E-state index is -0.195. The van der Waals surface area contributed by atoms with Gasteiger partial charge in [0.15, 0.2) is 0 Å². The van der Waals surface area contributed by atoms with Crippen molar-refractivity contribution in [3.63, 3.8) is 0 Å². The largest absolute Gasteiger partial charge is 0.344 e. The molecule has 0 heterocycles. The van der Waals surface area contributed by atoms with Gasteiger partial charge in [-0.15, -0.1) is 12.4 Å². The summed E-state index contributed by atoms with van der Waals surface area (Å²) in [7, 11) is 0. The standard InChI is InChI=1S/C21H20N2O.ClH/c22-15-20(17-10-5-2-6-11-17)23-21(24)19-13-7-12-18(14-19)16-8-3-1-4-9-16;/h1-14,20H,15,22H2,(H,23,24);1H/t20-;/m0./s1. The number of hydrogen-bond acceptors (Lipinski definition) is 2. The van der Waals surface area contributed by atoms with Crippen LogP contribution in [0.15, 0.2) is 84.9 Å². The van der Waals surface area contributed by atoms with E-state index in [1.807, 2.05) is 84.9 Å². The first-order valence-electron chi connectivity index (χ1n) is 7.99. The van der Waals surface area contributed by atoms with E-state index in [0.29, 0.717) is 12.1 Å². The van der Waals surface area contributed by atoms with Crippen LogP contribution in [-0.2, 0) is 0 Å². The lowest BCUT2D eigenvalue weighted by molar-refractivity contribution is 0.0938. The van der Waals surface area contributed by atoms with Crippen molar-refractivity contribution < 1.29 is 4.79 Å². The second kappa shape index (κ2) is 9.02. The third-order valence-corrected chi connectivity index (χ3v) is 3.97. The van der Waals surface area contributed by atoms with E-state index < -0.39 is 0 Å². The first kappa shape index (κ1) is 18.7. The van der Waals surface area contributed by atoms with Crippen molar-refractivity contribution >= 4 is 18.3 Å². The van der Waals surface area contributed by atoms with Crippen LogP contribution in [0.5, 0.6) is 0 Å². The van der Waals surface area contributed by atoms with Gasteiger partial charge in [-0.2, -0.15) is 0 Å². The molecule has 0 saturated carbocycles. The molecule has 3 aromatic carbocycles. The molecule has 1 amide bonds. The van der Waals surface area contributed by atoms with Crippen LogP contribution in [0.2, 0.25) is 0 Å². The third kappa shape index (κ3) is 4.69. The molecular formula is C21H21ClN2O. The summed E-state index contributed by atoms with van der Waals surface area (Å²) in [5, 5.41) is 3.01. The van der Waals surface area contributed by atoms with Crippen LogP contribution in [-0.4, -0.2) is 12.5 Å². The molecule has 3 rings (SSSR count). The molecule has 0 aliphatic heterocycles. The van der Waals surface area contributed by atoms with Gasteiger partial charge in [-0.1, -0.05) is 72.8 Å². The Morgan fingerprint density at radius 2 is 1.44 bits per heavy atom. The van der Waals surface area contributed by atoms with Crippen molar-refractivity contribution in [1.82, 2.24) is 5.32 Å². The van der Waals surface area contributed by atoms with Crippen LogP contribution in [0, 0.1) is 0 Å². The highest BCUT2D eigenvalue weighted by atomic mass is 35.5. The third-order valence-electron chi connectivity index (χ3n) is 3.97. The van der Waals surface area contributed by atoms with E-state index in [1.54, 1.807) is 0 Å². The van der Waals surface area contributed by atoms with Crippen LogP contribution < -0.4 is 11.1 Å². The van der Waals surface area contributed by atoms with Crippen molar-refractivity contribution in [1.29, 1.82) is 0 Å². The number of amides is 1. The van der Waals surface area contributed by atoms with Gasteiger partial charge < -0.3 is 11.1 Å². The van der Waals surface area contributed by atoms with Crippen molar-refractivity contribution in [2.45, 2.75) is 6.04 Å². The molecule has 0 aliphatic rings. The van der Waals surface area contributed by atoms with E-state index in [1.165, 1.54) is 0 Å². The second-order valence-corrected chi connectivity index (χ2v) is 5.62. The maximum atomic E-state index is 12.6. The second-order valence-electron chi connectivity index (χ2n) is 5.62. The summed E-state index contributed by atoms with van der Waals surface area (Å²) in [6.45, 7) is 0.355. The molecule has 25 heavy (non-hydrogen) atoms. The van der Waals surface area contributed by atoms with Gasteiger partial charge in [-0.05, 0) is 28.8 Å². The highest BCUT2D eigenvalue weighted by Crippen LogP contribution is 2.20. The van der Waals surface area contributed by atoms with Crippen molar-refractivity contribution in [2.24, 2.45) is 5.73 Å². The zero-order valence-corrected chi connectivity index (χ0v) is 14.6. The van der Waals surface area contributed by atoms with Crippen LogP contribution >= 0.6 is 12.4 Å². The Balaban J connectivity index is 0.00000225. The summed E-state index contributed by atoms with van der Waals surface area (Å²) >= 11 is 0. The number of rotatable bonds is 5. The molecule has 0 saturated heterocycles. The van der Waals surface area contributed by atoms with Crippen LogP contribution in [0.3, 0.4) is 0 Å². The molecule has 0 aliphatic carbocycles. The summed E-state index contributed by atoms with van der Waals surface area (Å²) in [6, 6.07) is 27.2. The number of carbonyl (C=O) groups is 1. The van der Waals surface area contributed by atoms with Crippen molar-refractivity contribution in [2.75, 3.05) is 6.54 Å². The Morgan fingerprint density at radius 3 is 2.08 bits per heavy atom. The molecule has 0 fully saturated rings. The molecule has 3 aromatic rings. The average Bonchev–Trinajstić information content (AvgIpc) is 2.67. The Hall–Kier alpha value is -2.62. The molecule has 4 heteroatoms. The first-order valence-corrected chi connectivity index (χ1v) is 7.99. The minimum absolute atomic E-state index is 0. The Labute approximate surface area is 154 Å². The van der Waals surface area contributed by atoms with Crippen LogP contribution in [0.25, 0.3) is 11.1 Å². The zero-order valence-electron chi connectivity index (χ0n) is 13.8. The lowest BCUT2D eigenvalue weighted by Crippen LogP contribution is -2.33. The number of halogens is 1. The minimum Gasteiger partial charge on any atom is -0.344 e. The van der Waals surface area contributed by atoms with Gasteiger partial charge in [0.1, 0.15) is 0 Å². The molecule has 0 unspecified atom stereocenters. The topological polar surface area (TPSA) is 55.1 Å². The predicted octanol–water partition coefficient (Wildman–Crippen LogP) is 4.21. The Kier molecular flexibility index (Phi) is 6.75. The van der Waals surface area contributed by atoms with E-state index in [0.717, 1.165) is 16.7 Å². The lowest BCUT2D eigenvalue weighted by atomic mass is 10.0. The van der Waals surface area contributed by atoms with E-state index in [9.17, 15) is 4.79 Å². The summed E-state index contributed by atoms with van der Waals surface area (Å²) in [5.41, 5.74) is 9.58. The number of nitrogens with two attached hydrogens (primary N) is 1. The molecule has 3 nitrogen and oxygen atoms in total. The van der Waals surface area contributed by atoms with Crippen LogP contribution in [0.1, 0.15) is 22.0 Å². The SMILES string of the molecule is Cl.NC[C@H](NC(=O)c1cccc(-c2ccccc2)c1)c1ccccc1.